The molecule has 0 bridgehead atoms. The van der Waals surface area contributed by atoms with Crippen molar-refractivity contribution in [1.82, 2.24) is 0 Å². The molecular weight excluding hydrogens is 404 g/mol. The first-order valence-corrected chi connectivity index (χ1v) is 10.5. The van der Waals surface area contributed by atoms with Gasteiger partial charge < -0.3 is 10.4 Å². The fourth-order valence-corrected chi connectivity index (χ4v) is 4.19. The number of carbonyl (C=O) groups is 2. The van der Waals surface area contributed by atoms with E-state index in [1.165, 1.54) is 30.3 Å². The number of carboxylic acid groups (broad SMARTS) is 1. The molecule has 30 heavy (non-hydrogen) atoms. The molecule has 0 unspecified atom stereocenters. The minimum Gasteiger partial charge on any atom is -0.478 e. The van der Waals surface area contributed by atoms with Gasteiger partial charge >= 0.3 is 5.97 Å². The molecule has 1 amide bonds. The Morgan fingerprint density at radius 1 is 0.833 bits per heavy atom. The van der Waals surface area contributed by atoms with E-state index in [-0.39, 0.29) is 21.7 Å². The van der Waals surface area contributed by atoms with E-state index in [2.05, 4.69) is 10.0 Å². The van der Waals surface area contributed by atoms with Gasteiger partial charge in [0.25, 0.3) is 15.9 Å². The summed E-state index contributed by atoms with van der Waals surface area (Å²) in [5, 5.41) is 11.9. The third kappa shape index (κ3) is 4.66. The molecule has 0 saturated carbocycles. The lowest BCUT2D eigenvalue weighted by molar-refractivity contribution is 0.0696. The van der Waals surface area contributed by atoms with Crippen LogP contribution in [0.2, 0.25) is 0 Å². The second-order valence-electron chi connectivity index (χ2n) is 6.74. The van der Waals surface area contributed by atoms with E-state index >= 15 is 0 Å². The van der Waals surface area contributed by atoms with Crippen molar-refractivity contribution < 1.29 is 23.1 Å². The first-order valence-electron chi connectivity index (χ1n) is 9.01. The number of rotatable bonds is 6. The quantitative estimate of drug-likeness (QED) is 0.552. The number of benzene rings is 3. The van der Waals surface area contributed by atoms with Crippen molar-refractivity contribution in [3.8, 4) is 0 Å². The largest absolute Gasteiger partial charge is 0.478 e. The van der Waals surface area contributed by atoms with Crippen molar-refractivity contribution in [2.24, 2.45) is 0 Å². The maximum Gasteiger partial charge on any atom is 0.335 e. The number of sulfonamides is 1. The van der Waals surface area contributed by atoms with E-state index in [9.17, 15) is 18.0 Å². The maximum absolute atomic E-state index is 12.9. The molecule has 3 rings (SSSR count). The van der Waals surface area contributed by atoms with Crippen molar-refractivity contribution in [3.05, 3.63) is 89.0 Å². The molecule has 0 radical (unpaired) electrons. The third-order valence-electron chi connectivity index (χ3n) is 4.49. The number of para-hydroxylation sites is 1. The molecular formula is C22H20N2O5S. The van der Waals surface area contributed by atoms with Crippen molar-refractivity contribution in [2.75, 3.05) is 10.0 Å². The number of nitrogens with one attached hydrogen (secondary N) is 2. The Bertz CT molecular complexity index is 1240. The van der Waals surface area contributed by atoms with Crippen LogP contribution in [0.4, 0.5) is 11.4 Å². The van der Waals surface area contributed by atoms with Gasteiger partial charge in [0.05, 0.1) is 10.5 Å². The fraction of sp³-hybridized carbons (Fsp3) is 0.0909. The topological polar surface area (TPSA) is 113 Å². The van der Waals surface area contributed by atoms with Crippen LogP contribution in [-0.4, -0.2) is 25.4 Å². The molecule has 3 aromatic carbocycles. The molecule has 0 saturated heterocycles. The third-order valence-corrected chi connectivity index (χ3v) is 6.02. The van der Waals surface area contributed by atoms with Gasteiger partial charge in [0.1, 0.15) is 0 Å². The number of hydrogen-bond acceptors (Lipinski definition) is 4. The van der Waals surface area contributed by atoms with Crippen molar-refractivity contribution in [3.63, 3.8) is 0 Å². The number of carboxylic acids is 1. The predicted octanol–water partition coefficient (Wildman–Crippen LogP) is 4.05. The van der Waals surface area contributed by atoms with Crippen LogP contribution in [0.5, 0.6) is 0 Å². The van der Waals surface area contributed by atoms with Crippen LogP contribution in [0.25, 0.3) is 0 Å². The van der Waals surface area contributed by atoms with Gasteiger partial charge in [-0.3, -0.25) is 9.52 Å². The predicted molar refractivity (Wildman–Crippen MR) is 115 cm³/mol. The molecule has 0 aliphatic carbocycles. The van der Waals surface area contributed by atoms with Crippen molar-refractivity contribution in [1.29, 1.82) is 0 Å². The van der Waals surface area contributed by atoms with Gasteiger partial charge in [0.2, 0.25) is 0 Å². The molecule has 0 fully saturated rings. The van der Waals surface area contributed by atoms with E-state index in [0.29, 0.717) is 11.3 Å². The Morgan fingerprint density at radius 3 is 2.27 bits per heavy atom. The molecule has 3 aromatic rings. The zero-order valence-electron chi connectivity index (χ0n) is 16.3. The van der Waals surface area contributed by atoms with Crippen LogP contribution in [0.15, 0.2) is 71.6 Å². The first-order chi connectivity index (χ1) is 14.2. The zero-order valence-corrected chi connectivity index (χ0v) is 17.2. The lowest BCUT2D eigenvalue weighted by atomic mass is 10.1. The smallest absolute Gasteiger partial charge is 0.335 e. The number of aryl methyl sites for hydroxylation is 2. The van der Waals surface area contributed by atoms with E-state index in [4.69, 9.17) is 5.11 Å². The van der Waals surface area contributed by atoms with Crippen LogP contribution in [0.1, 0.15) is 31.8 Å². The van der Waals surface area contributed by atoms with Crippen LogP contribution in [0, 0.1) is 13.8 Å². The monoisotopic (exact) mass is 424 g/mol. The maximum atomic E-state index is 12.9. The van der Waals surface area contributed by atoms with Gasteiger partial charge in [-0.2, -0.15) is 0 Å². The van der Waals surface area contributed by atoms with Crippen molar-refractivity contribution in [2.45, 2.75) is 18.7 Å². The molecule has 3 N–H and O–H groups in total. The Hall–Kier alpha value is -3.65. The molecule has 0 spiro atoms. The summed E-state index contributed by atoms with van der Waals surface area (Å²) in [5.74, 6) is -1.60. The highest BCUT2D eigenvalue weighted by atomic mass is 32.2. The number of hydrogen-bond donors (Lipinski definition) is 3. The average molecular weight is 424 g/mol. The van der Waals surface area contributed by atoms with E-state index < -0.39 is 21.9 Å². The lowest BCUT2D eigenvalue weighted by Gasteiger charge is -2.13. The second-order valence-corrected chi connectivity index (χ2v) is 8.39. The molecule has 0 heterocycles. The molecule has 7 nitrogen and oxygen atoms in total. The van der Waals surface area contributed by atoms with Gasteiger partial charge in [-0.1, -0.05) is 30.3 Å². The zero-order chi connectivity index (χ0) is 21.9. The normalized spacial score (nSPS) is 11.0. The Morgan fingerprint density at radius 2 is 1.57 bits per heavy atom. The van der Waals surface area contributed by atoms with Gasteiger partial charge in [0.15, 0.2) is 0 Å². The summed E-state index contributed by atoms with van der Waals surface area (Å²) in [7, 11) is -4.05. The second kappa shape index (κ2) is 8.38. The van der Waals surface area contributed by atoms with Crippen LogP contribution in [0.3, 0.4) is 0 Å². The summed E-state index contributed by atoms with van der Waals surface area (Å²) < 4.78 is 28.2. The highest BCUT2D eigenvalue weighted by Crippen LogP contribution is 2.23. The Kier molecular flexibility index (Phi) is 5.89. The minimum absolute atomic E-state index is 0.0433. The van der Waals surface area contributed by atoms with Crippen LogP contribution < -0.4 is 10.0 Å². The highest BCUT2D eigenvalue weighted by Gasteiger charge is 2.20. The first kappa shape index (κ1) is 21.1. The minimum atomic E-state index is -4.05. The average Bonchev–Trinajstić information content (AvgIpc) is 2.69. The molecule has 154 valence electrons. The summed E-state index contributed by atoms with van der Waals surface area (Å²) in [6, 6.07) is 17.1. The Labute approximate surface area is 174 Å². The number of aromatic carboxylic acids is 1. The van der Waals surface area contributed by atoms with Gasteiger partial charge in [-0.25, -0.2) is 13.2 Å². The standard InChI is InChI=1S/C22H20N2O5S/c1-14-6-3-4-9-19(14)23-21(25)16-11-10-15(2)20(13-16)30(28,29)24-18-8-5-7-17(12-18)22(26)27/h3-13,24H,1-2H3,(H,23,25)(H,26,27). The Balaban J connectivity index is 1.90. The van der Waals surface area contributed by atoms with E-state index in [0.717, 1.165) is 5.56 Å². The number of amides is 1. The summed E-state index contributed by atoms with van der Waals surface area (Å²) in [6.07, 6.45) is 0. The summed E-state index contributed by atoms with van der Waals surface area (Å²) in [5.41, 5.74) is 2.22. The van der Waals surface area contributed by atoms with Crippen LogP contribution in [-0.2, 0) is 10.0 Å². The van der Waals surface area contributed by atoms with Crippen LogP contribution >= 0.6 is 0 Å². The summed E-state index contributed by atoms with van der Waals surface area (Å²) in [6.45, 7) is 3.47. The van der Waals surface area contributed by atoms with E-state index in [1.807, 2.05) is 19.1 Å². The molecule has 8 heteroatoms. The van der Waals surface area contributed by atoms with E-state index in [1.54, 1.807) is 31.2 Å². The molecule has 0 aliphatic rings. The SMILES string of the molecule is Cc1ccccc1NC(=O)c1ccc(C)c(S(=O)(=O)Nc2cccc(C(=O)O)c2)c1. The molecule has 0 aliphatic heterocycles. The molecule has 0 atom stereocenters. The van der Waals surface area contributed by atoms with Gasteiger partial charge in [-0.05, 0) is 61.4 Å². The van der Waals surface area contributed by atoms with Gasteiger partial charge in [0, 0.05) is 16.9 Å². The lowest BCUT2D eigenvalue weighted by Crippen LogP contribution is -2.17. The van der Waals surface area contributed by atoms with Crippen molar-refractivity contribution >= 4 is 33.3 Å². The molecule has 0 aromatic heterocycles. The fourth-order valence-electron chi connectivity index (χ4n) is 2.86. The van der Waals surface area contributed by atoms with Gasteiger partial charge in [-0.15, -0.1) is 0 Å². The number of carbonyl (C=O) groups excluding carboxylic acids is 1. The highest BCUT2D eigenvalue weighted by molar-refractivity contribution is 7.92. The number of anilines is 2. The summed E-state index contributed by atoms with van der Waals surface area (Å²) >= 11 is 0. The summed E-state index contributed by atoms with van der Waals surface area (Å²) in [4.78, 5) is 23.7.